The Morgan fingerprint density at radius 3 is 1.09 bits per heavy atom. The number of carbonyl (C=O) groups is 4. The third kappa shape index (κ3) is 21.4. The Kier molecular flexibility index (Phi) is 25.3. The molecule has 141 heavy (non-hydrogen) atoms. The summed E-state index contributed by atoms with van der Waals surface area (Å²) in [6.45, 7) is 3.66. The van der Waals surface area contributed by atoms with Gasteiger partial charge in [0.1, 0.15) is 82.3 Å². The number of nitrogens with zero attached hydrogens (tertiary/aromatic N) is 17. The predicted molar refractivity (Wildman–Crippen MR) is 525 cm³/mol. The lowest BCUT2D eigenvalue weighted by Gasteiger charge is -2.27. The molecule has 0 bridgehead atoms. The minimum absolute atomic E-state index is 0.212. The summed E-state index contributed by atoms with van der Waals surface area (Å²) in [5.41, 5.74) is 21.1. The number of amides is 8. The van der Waals surface area contributed by atoms with Gasteiger partial charge in [-0.2, -0.15) is 0 Å². The smallest absolute Gasteiger partial charge is 0.326 e. The van der Waals surface area contributed by atoms with Gasteiger partial charge < -0.3 is 73.7 Å². The van der Waals surface area contributed by atoms with Crippen LogP contribution in [0.15, 0.2) is 311 Å². The Morgan fingerprint density at radius 2 is 0.702 bits per heavy atom. The lowest BCUT2D eigenvalue weighted by atomic mass is 10.1. The van der Waals surface area contributed by atoms with Crippen molar-refractivity contribution in [2.45, 2.75) is 31.6 Å². The number of fused-ring (bicyclic) bond motifs is 4. The number of morpholine rings is 1. The summed E-state index contributed by atoms with van der Waals surface area (Å²) in [7, 11) is 0. The van der Waals surface area contributed by atoms with Crippen LogP contribution in [0, 0.1) is 11.7 Å². The Morgan fingerprint density at radius 1 is 0.355 bits per heavy atom. The highest BCUT2D eigenvalue weighted by molar-refractivity contribution is 6.03. The van der Waals surface area contributed by atoms with Crippen LogP contribution in [0.5, 0.6) is 5.88 Å². The molecule has 3 fully saturated rings. The summed E-state index contributed by atoms with van der Waals surface area (Å²) < 4.78 is 45.5. The summed E-state index contributed by atoms with van der Waals surface area (Å²) in [5, 5.41) is 41.3. The van der Waals surface area contributed by atoms with Crippen LogP contribution in [-0.4, -0.2) is 157 Å². The summed E-state index contributed by atoms with van der Waals surface area (Å²) in [5.74, 6) is 3.31. The molecular formula is C101H80FN29O10. The quantitative estimate of drug-likeness (QED) is 0.0300. The predicted octanol–water partition coefficient (Wildman–Crippen LogP) is 20.6. The van der Waals surface area contributed by atoms with Crippen LogP contribution in [-0.2, 0) is 4.74 Å². The first kappa shape index (κ1) is 88.2. The highest BCUT2D eigenvalue weighted by Gasteiger charge is 2.29. The van der Waals surface area contributed by atoms with Crippen molar-refractivity contribution in [3.8, 4) is 107 Å². The van der Waals surface area contributed by atoms with Gasteiger partial charge in [-0.15, -0.1) is 0 Å². The van der Waals surface area contributed by atoms with Crippen molar-refractivity contribution < 1.29 is 51.1 Å². The van der Waals surface area contributed by atoms with E-state index in [0.717, 1.165) is 136 Å². The second-order valence-corrected chi connectivity index (χ2v) is 32.7. The first-order valence-corrected chi connectivity index (χ1v) is 44.6. The Labute approximate surface area is 797 Å². The van der Waals surface area contributed by atoms with Gasteiger partial charge in [-0.25, -0.2) is 63.4 Å². The van der Waals surface area contributed by atoms with E-state index in [1.165, 1.54) is 50.5 Å². The number of pyridine rings is 4. The highest BCUT2D eigenvalue weighted by atomic mass is 19.1. The van der Waals surface area contributed by atoms with Gasteiger partial charge in [-0.1, -0.05) is 69.2 Å². The summed E-state index contributed by atoms with van der Waals surface area (Å²) in [4.78, 5) is 116. The van der Waals surface area contributed by atoms with E-state index in [1.54, 1.807) is 129 Å². The molecule has 39 nitrogen and oxygen atoms in total. The van der Waals surface area contributed by atoms with Crippen LogP contribution >= 0.6 is 0 Å². The normalized spacial score (nSPS) is 12.7. The molecule has 8 amide bonds. The number of halogens is 1. The Hall–Kier alpha value is -19.4. The number of aromatic nitrogens is 20. The van der Waals surface area contributed by atoms with Crippen molar-refractivity contribution in [1.29, 1.82) is 0 Å². The van der Waals surface area contributed by atoms with Crippen LogP contribution < -0.4 is 52.2 Å². The maximum Gasteiger partial charge on any atom is 0.326 e. The number of aromatic amines is 4. The molecule has 0 radical (unpaired) electrons. The van der Waals surface area contributed by atoms with Gasteiger partial charge in [-0.05, 0) is 199 Å². The van der Waals surface area contributed by atoms with Gasteiger partial charge in [0.25, 0.3) is 0 Å². The molecule has 21 aromatic rings. The zero-order valence-corrected chi connectivity index (χ0v) is 74.3. The SMILES string of the molecule is O=C(Nc1ccc(-c2cc3c(-c4ccc(F)cc4)ncnc3[nH]2)cc1)Nc1cc(-c2cccnc2)no1.O=C(Nc1ccc(-c2cc3c(C4CC4)ncnc3[nH]2)cc1)Nc1cc(-c2cccnc2)no1.O=C(Nc1ccc(-c2cc3c(N4CCOCC4)ncnc3[nH]2)cc1)Nc1cc(-c2cccnc2)no1.O=C(Nc1ccc(-c2cc3c(OCC4CC4)ncnc3[nH]2)cc1)Nc1cc(-c2cccnc2)no1. The maximum atomic E-state index is 13.3. The first-order chi connectivity index (χ1) is 69.3. The van der Waals surface area contributed by atoms with Crippen LogP contribution in [0.4, 0.5) is 75.7 Å². The van der Waals surface area contributed by atoms with Gasteiger partial charge in [-0.3, -0.25) is 41.2 Å². The van der Waals surface area contributed by atoms with Crippen LogP contribution in [0.1, 0.15) is 37.3 Å². The van der Waals surface area contributed by atoms with Crippen molar-refractivity contribution in [2.24, 2.45) is 5.92 Å². The van der Waals surface area contributed by atoms with Crippen molar-refractivity contribution >= 4 is 120 Å². The molecule has 696 valence electrons. The standard InChI is InChI=1S/C27H18FN7O2.C25H22N8O3.C25H21N7O3.C24H19N7O2/c28-19-7-3-17(4-8-19)25-21-12-22(33-26(21)31-15-30-25)16-5-9-20(10-6-16)32-27(36)34-24-13-23(35-37-24)18-2-1-11-29-14-18;34-25(31-22-13-21(32-36-22)17-2-1-7-26-14-17)29-18-5-3-16(4-6-18)20-12-19-23(30-20)27-15-28-24(19)33-8-10-35-11-9-33;33-25(31-22-11-21(32-35-22)17-2-1-9-26-12-17)29-18-7-5-16(6-8-18)20-10-19-23(30-20)27-14-28-24(19)34-13-15-3-4-15;32-24(30-21-11-20(31-33-21)16-2-1-9-25-12-16)28-17-7-5-14(6-8-17)19-10-18-22(15-3-4-15)26-13-27-23(18)29-19/h1-15H,(H,30,31,33)(H2,32,34,36);1-7,12-15H,8-11H2,(H,27,28,30)(H2,29,31,34);1-2,5-12,14-15H,3-4,13H2,(H,27,28,30)(H2,29,31,33);1-2,5-13,15H,3-4H2,(H,26,27,29)(H2,28,30,32). The highest BCUT2D eigenvalue weighted by Crippen LogP contribution is 2.43. The van der Waals surface area contributed by atoms with Gasteiger partial charge in [0.15, 0.2) is 0 Å². The summed E-state index contributed by atoms with van der Waals surface area (Å²) in [6.07, 6.45) is 24.4. The van der Waals surface area contributed by atoms with E-state index < -0.39 is 24.1 Å². The lowest BCUT2D eigenvalue weighted by molar-refractivity contribution is 0.122. The fourth-order valence-corrected chi connectivity index (χ4v) is 15.5. The fourth-order valence-electron chi connectivity index (χ4n) is 15.5. The number of carbonyl (C=O) groups excluding carboxylic acids is 4. The first-order valence-electron chi connectivity index (χ1n) is 44.6. The molecule has 40 heteroatoms. The van der Waals surface area contributed by atoms with Gasteiger partial charge in [0.2, 0.25) is 29.4 Å². The minimum Gasteiger partial charge on any atom is -0.477 e. The molecule has 12 N–H and O–H groups in total. The third-order valence-corrected chi connectivity index (χ3v) is 22.9. The second kappa shape index (κ2) is 40.4. The molecule has 2 saturated carbocycles. The van der Waals surface area contributed by atoms with E-state index in [2.05, 4.69) is 160 Å². The number of urea groups is 4. The molecule has 0 atom stereocenters. The van der Waals surface area contributed by atoms with Gasteiger partial charge in [0.05, 0.1) is 42.0 Å². The molecule has 2 aliphatic carbocycles. The molecule has 0 spiro atoms. The second-order valence-electron chi connectivity index (χ2n) is 32.7. The maximum absolute atomic E-state index is 13.3. The molecule has 5 aromatic carbocycles. The molecule has 0 unspecified atom stereocenters. The number of ether oxygens (including phenoxy) is 2. The molecule has 3 aliphatic rings. The average Bonchev–Trinajstić information content (AvgIpc) is 1.55. The van der Waals surface area contributed by atoms with Crippen LogP contribution in [0.2, 0.25) is 0 Å². The largest absolute Gasteiger partial charge is 0.477 e. The minimum atomic E-state index is -0.466. The van der Waals surface area contributed by atoms with Crippen molar-refractivity contribution in [3.63, 3.8) is 0 Å². The van der Waals surface area contributed by atoms with Crippen LogP contribution in [0.25, 0.3) is 145 Å². The summed E-state index contributed by atoms with van der Waals surface area (Å²) >= 11 is 0. The van der Waals surface area contributed by atoms with Crippen molar-refractivity contribution in [1.82, 2.24) is 100 Å². The molecule has 16 aromatic heterocycles. The number of benzene rings is 5. The molecule has 1 saturated heterocycles. The molecule has 1 aliphatic heterocycles. The monoisotopic (exact) mass is 1880 g/mol. The van der Waals surface area contributed by atoms with E-state index in [9.17, 15) is 23.6 Å². The Bertz CT molecular complexity index is 7970. The zero-order chi connectivity index (χ0) is 95.3. The van der Waals surface area contributed by atoms with Gasteiger partial charge in [0, 0.05) is 177 Å². The van der Waals surface area contributed by atoms with Gasteiger partial charge >= 0.3 is 24.1 Å². The Balaban J connectivity index is 0.000000111. The van der Waals surface area contributed by atoms with E-state index in [4.69, 9.17) is 27.6 Å². The van der Waals surface area contributed by atoms with Crippen molar-refractivity contribution in [2.75, 3.05) is 80.3 Å². The molecule has 17 heterocycles. The fraction of sp³-hybridized carbons (Fsp3) is 0.109. The zero-order valence-electron chi connectivity index (χ0n) is 74.3. The topological polar surface area (TPSA) is 508 Å². The number of hydrogen-bond donors (Lipinski definition) is 12. The van der Waals surface area contributed by atoms with E-state index in [-0.39, 0.29) is 29.4 Å². The molecule has 24 rings (SSSR count). The number of nitrogens with one attached hydrogen (secondary N) is 12. The number of rotatable bonds is 22. The number of anilines is 9. The third-order valence-electron chi connectivity index (χ3n) is 22.9. The number of hydrogen-bond acceptors (Lipinski definition) is 27. The van der Waals surface area contributed by atoms with E-state index >= 15 is 0 Å². The number of H-pyrrole nitrogens is 4. The average molecular weight is 1880 g/mol. The van der Waals surface area contributed by atoms with Crippen LogP contribution in [0.3, 0.4) is 0 Å². The summed E-state index contributed by atoms with van der Waals surface area (Å²) in [6, 6.07) is 63.6. The van der Waals surface area contributed by atoms with Crippen molar-refractivity contribution in [3.05, 3.63) is 305 Å². The van der Waals surface area contributed by atoms with E-state index in [0.29, 0.717) is 94.4 Å². The van der Waals surface area contributed by atoms with E-state index in [1.807, 2.05) is 127 Å². The lowest BCUT2D eigenvalue weighted by Crippen LogP contribution is -2.36. The molecular weight excluding hydrogens is 1800 g/mol.